The summed E-state index contributed by atoms with van der Waals surface area (Å²) in [7, 11) is 0. The molecule has 0 unspecified atom stereocenters. The van der Waals surface area contributed by atoms with Crippen LogP contribution < -0.4 is 0 Å². The summed E-state index contributed by atoms with van der Waals surface area (Å²) in [4.78, 5) is 2.41. The summed E-state index contributed by atoms with van der Waals surface area (Å²) in [5, 5.41) is 0. The third-order valence-corrected chi connectivity index (χ3v) is 2.62. The van der Waals surface area contributed by atoms with E-state index in [-0.39, 0.29) is 5.82 Å². The Morgan fingerprint density at radius 1 is 1.07 bits per heavy atom. The van der Waals surface area contributed by atoms with Crippen LogP contribution in [0.3, 0.4) is 0 Å². The van der Waals surface area contributed by atoms with E-state index in [0.717, 1.165) is 19.6 Å². The van der Waals surface area contributed by atoms with Gasteiger partial charge in [-0.15, -0.1) is 0 Å². The van der Waals surface area contributed by atoms with Gasteiger partial charge in [0.1, 0.15) is 5.82 Å². The van der Waals surface area contributed by atoms with Gasteiger partial charge in [0.05, 0.1) is 0 Å². The van der Waals surface area contributed by atoms with Gasteiger partial charge in [0.15, 0.2) is 0 Å². The van der Waals surface area contributed by atoms with Crippen molar-refractivity contribution in [3.63, 3.8) is 0 Å². The minimum absolute atomic E-state index is 0.152. The van der Waals surface area contributed by atoms with Crippen LogP contribution in [0.25, 0.3) is 0 Å². The number of nitrogens with zero attached hydrogens (tertiary/aromatic N) is 1. The van der Waals surface area contributed by atoms with Crippen molar-refractivity contribution in [2.45, 2.75) is 19.4 Å². The molecule has 1 aromatic carbocycles. The second-order valence-corrected chi connectivity index (χ2v) is 3.77. The highest BCUT2D eigenvalue weighted by Gasteiger charge is 2.09. The number of hydrogen-bond acceptors (Lipinski definition) is 1. The van der Waals surface area contributed by atoms with Crippen LogP contribution in [-0.4, -0.2) is 18.0 Å². The predicted octanol–water partition coefficient (Wildman–Crippen LogP) is 2.63. The molecule has 0 saturated carbocycles. The molecular weight excluding hydrogens is 177 g/mol. The van der Waals surface area contributed by atoms with Crippen LogP contribution in [0.4, 0.5) is 4.39 Å². The molecule has 0 amide bonds. The first-order chi connectivity index (χ1) is 6.84. The topological polar surface area (TPSA) is 3.24 Å². The van der Waals surface area contributed by atoms with E-state index >= 15 is 0 Å². The number of piperidine rings is 1. The predicted molar refractivity (Wildman–Crippen MR) is 55.2 cm³/mol. The SMILES string of the molecule is Fc1ccc(CN2CC[CH]CC2)cc1. The highest BCUT2D eigenvalue weighted by Crippen LogP contribution is 2.12. The molecule has 0 bridgehead atoms. The van der Waals surface area contributed by atoms with Crippen molar-refractivity contribution in [1.82, 2.24) is 4.90 Å². The summed E-state index contributed by atoms with van der Waals surface area (Å²) in [6.45, 7) is 3.23. The number of halogens is 1. The average molecular weight is 192 g/mol. The molecule has 2 rings (SSSR count). The number of benzene rings is 1. The fraction of sp³-hybridized carbons (Fsp3) is 0.417. The monoisotopic (exact) mass is 192 g/mol. The molecule has 0 aromatic heterocycles. The van der Waals surface area contributed by atoms with E-state index in [4.69, 9.17) is 0 Å². The van der Waals surface area contributed by atoms with Crippen LogP contribution in [-0.2, 0) is 6.54 Å². The molecule has 1 saturated heterocycles. The molecule has 1 radical (unpaired) electrons. The Bertz CT molecular complexity index is 275. The van der Waals surface area contributed by atoms with Gasteiger partial charge in [-0.3, -0.25) is 4.90 Å². The van der Waals surface area contributed by atoms with Crippen LogP contribution in [0.15, 0.2) is 24.3 Å². The minimum atomic E-state index is -0.152. The molecule has 1 aromatic rings. The van der Waals surface area contributed by atoms with E-state index in [1.54, 1.807) is 0 Å². The maximum atomic E-state index is 12.6. The lowest BCUT2D eigenvalue weighted by Gasteiger charge is -2.26. The fourth-order valence-electron chi connectivity index (χ4n) is 1.81. The van der Waals surface area contributed by atoms with Crippen LogP contribution in [0.5, 0.6) is 0 Å². The van der Waals surface area contributed by atoms with Gasteiger partial charge in [-0.2, -0.15) is 0 Å². The van der Waals surface area contributed by atoms with E-state index in [1.807, 2.05) is 12.1 Å². The summed E-state index contributed by atoms with van der Waals surface area (Å²) in [5.41, 5.74) is 1.20. The van der Waals surface area contributed by atoms with Gasteiger partial charge in [-0.05, 0) is 50.0 Å². The van der Waals surface area contributed by atoms with E-state index in [1.165, 1.54) is 30.5 Å². The zero-order chi connectivity index (χ0) is 9.80. The molecule has 0 atom stereocenters. The Balaban J connectivity index is 1.92. The molecule has 75 valence electrons. The summed E-state index contributed by atoms with van der Waals surface area (Å²) in [6.07, 6.45) is 4.70. The molecule has 14 heavy (non-hydrogen) atoms. The van der Waals surface area contributed by atoms with Gasteiger partial charge in [0, 0.05) is 6.54 Å². The summed E-state index contributed by atoms with van der Waals surface area (Å²) in [5.74, 6) is -0.152. The molecule has 0 N–H and O–H groups in total. The molecule has 0 spiro atoms. The highest BCUT2D eigenvalue weighted by molar-refractivity contribution is 5.15. The lowest BCUT2D eigenvalue weighted by atomic mass is 10.1. The molecule has 1 aliphatic heterocycles. The molecule has 1 fully saturated rings. The van der Waals surface area contributed by atoms with Gasteiger partial charge in [0.2, 0.25) is 0 Å². The third kappa shape index (κ3) is 2.55. The molecule has 1 aliphatic rings. The Labute approximate surface area is 84.5 Å². The Morgan fingerprint density at radius 2 is 1.71 bits per heavy atom. The van der Waals surface area contributed by atoms with Gasteiger partial charge in [-0.1, -0.05) is 12.1 Å². The molecular formula is C12H15FN. The van der Waals surface area contributed by atoms with Crippen molar-refractivity contribution in [2.24, 2.45) is 0 Å². The second-order valence-electron chi connectivity index (χ2n) is 3.77. The van der Waals surface area contributed by atoms with Crippen molar-refractivity contribution in [3.05, 3.63) is 42.1 Å². The molecule has 1 heterocycles. The normalized spacial score (nSPS) is 18.4. The standard InChI is InChI=1S/C12H15FN/c13-12-6-4-11(5-7-12)10-14-8-2-1-3-9-14/h1,4-7H,2-3,8-10H2. The van der Waals surface area contributed by atoms with Gasteiger partial charge in [-0.25, -0.2) is 4.39 Å². The molecule has 1 nitrogen and oxygen atoms in total. The number of likely N-dealkylation sites (tertiary alicyclic amines) is 1. The van der Waals surface area contributed by atoms with Crippen LogP contribution in [0.1, 0.15) is 18.4 Å². The van der Waals surface area contributed by atoms with Gasteiger partial charge < -0.3 is 0 Å². The first kappa shape index (κ1) is 9.66. The van der Waals surface area contributed by atoms with E-state index in [2.05, 4.69) is 11.3 Å². The fourth-order valence-corrected chi connectivity index (χ4v) is 1.81. The number of hydrogen-bond donors (Lipinski definition) is 0. The zero-order valence-electron chi connectivity index (χ0n) is 8.25. The maximum Gasteiger partial charge on any atom is 0.123 e. The Morgan fingerprint density at radius 3 is 2.36 bits per heavy atom. The zero-order valence-corrected chi connectivity index (χ0v) is 8.25. The van der Waals surface area contributed by atoms with Gasteiger partial charge >= 0.3 is 0 Å². The first-order valence-corrected chi connectivity index (χ1v) is 5.13. The van der Waals surface area contributed by atoms with Crippen molar-refractivity contribution >= 4 is 0 Å². The lowest BCUT2D eigenvalue weighted by molar-refractivity contribution is 0.246. The summed E-state index contributed by atoms with van der Waals surface area (Å²) in [6, 6.07) is 6.80. The molecule has 2 heteroatoms. The molecule has 0 aliphatic carbocycles. The first-order valence-electron chi connectivity index (χ1n) is 5.13. The summed E-state index contributed by atoms with van der Waals surface area (Å²) >= 11 is 0. The van der Waals surface area contributed by atoms with Crippen LogP contribution in [0, 0.1) is 12.2 Å². The van der Waals surface area contributed by atoms with E-state index in [9.17, 15) is 4.39 Å². The largest absolute Gasteiger partial charge is 0.299 e. The Hall–Kier alpha value is -0.890. The summed E-state index contributed by atoms with van der Waals surface area (Å²) < 4.78 is 12.6. The van der Waals surface area contributed by atoms with Crippen LogP contribution >= 0.6 is 0 Å². The minimum Gasteiger partial charge on any atom is -0.299 e. The van der Waals surface area contributed by atoms with Crippen molar-refractivity contribution in [2.75, 3.05) is 13.1 Å². The van der Waals surface area contributed by atoms with Crippen molar-refractivity contribution in [3.8, 4) is 0 Å². The lowest BCUT2D eigenvalue weighted by Crippen LogP contribution is -2.29. The smallest absolute Gasteiger partial charge is 0.123 e. The Kier molecular flexibility index (Phi) is 3.14. The van der Waals surface area contributed by atoms with Gasteiger partial charge in [0.25, 0.3) is 0 Å². The maximum absolute atomic E-state index is 12.6. The van der Waals surface area contributed by atoms with Crippen molar-refractivity contribution in [1.29, 1.82) is 0 Å². The van der Waals surface area contributed by atoms with E-state index in [0.29, 0.717) is 0 Å². The van der Waals surface area contributed by atoms with Crippen LogP contribution in [0.2, 0.25) is 0 Å². The average Bonchev–Trinajstić information content (AvgIpc) is 2.23. The third-order valence-electron chi connectivity index (χ3n) is 2.62. The van der Waals surface area contributed by atoms with E-state index < -0.39 is 0 Å². The quantitative estimate of drug-likeness (QED) is 0.696. The van der Waals surface area contributed by atoms with Crippen molar-refractivity contribution < 1.29 is 4.39 Å². The number of rotatable bonds is 2. The highest BCUT2D eigenvalue weighted by atomic mass is 19.1. The second kappa shape index (κ2) is 4.56.